The summed E-state index contributed by atoms with van der Waals surface area (Å²) in [5, 5.41) is 0. The number of benzene rings is 8. The molecule has 4 radical (unpaired) electrons. The normalized spacial score (nSPS) is 9.66. The van der Waals surface area contributed by atoms with Crippen molar-refractivity contribution in [3.63, 3.8) is 0 Å². The van der Waals surface area contributed by atoms with Gasteiger partial charge in [0.1, 0.15) is 38.0 Å². The number of hydrogen-bond donors (Lipinski definition) is 0. The number of hydrogen-bond acceptors (Lipinski definition) is 14. The van der Waals surface area contributed by atoms with E-state index in [1.165, 1.54) is 0 Å². The number of rotatable bonds is 12. The minimum atomic E-state index is 0. The van der Waals surface area contributed by atoms with Gasteiger partial charge in [-0.05, 0) is 73.0 Å². The van der Waals surface area contributed by atoms with E-state index < -0.39 is 0 Å². The molecule has 14 aromatic rings. The number of aromatic nitrogens is 12. The Morgan fingerprint density at radius 1 is 0.280 bits per heavy atom. The van der Waals surface area contributed by atoms with Crippen LogP contribution in [0.15, 0.2) is 270 Å². The van der Waals surface area contributed by atoms with Gasteiger partial charge in [-0.25, -0.2) is 29.9 Å². The molecule has 8 aromatic carbocycles. The standard InChI is InChI=1S/C18H13N2.C16H11N2.C13H11N2.2C12H11N2O.C11H9N2.4Ir/c1-2-14-8-10-16(11-9-14)18-12-17(19-13-20-18)15-6-4-3-5-7-15;1-3-7-13(8-4-1)15-11-16(18-12-17-15)14-9-5-2-6-10-14;1-3-11-4-6-12(7-5-11)13-8-10(2)14-9-15-13;1-9-7-12(14-8-13-9)10-3-5-11(15-2)6-4-10;1-9-6-12(14-8-13-9)10-4-3-5-11(7-10)15-2;1-9-7-11(13-8-12-9)10-5-3-2-4-6-10;;;;/h2-10,12-13H,1H2;1-9,11-12H;3-6,8-9H,1H2,2H3;2*3,5-8H,1-2H3;2-5,7-8H,1H3;;;;/q6*-1;;;;. The van der Waals surface area contributed by atoms with Gasteiger partial charge in [-0.15, -0.1) is 228 Å². The molecule has 6 heterocycles. The summed E-state index contributed by atoms with van der Waals surface area (Å²) in [4.78, 5) is 50.2. The van der Waals surface area contributed by atoms with Crippen LogP contribution in [-0.4, -0.2) is 74.0 Å². The summed E-state index contributed by atoms with van der Waals surface area (Å²) in [6.45, 7) is 15.2. The molecule has 0 atom stereocenters. The second-order valence-corrected chi connectivity index (χ2v) is 20.8. The van der Waals surface area contributed by atoms with Gasteiger partial charge < -0.3 is 9.47 Å². The molecule has 0 fully saturated rings. The van der Waals surface area contributed by atoms with Crippen LogP contribution >= 0.6 is 0 Å². The molecule has 0 aliphatic carbocycles. The fraction of sp³-hybridized carbons (Fsp3) is 0.0732. The molecule has 0 saturated carbocycles. The summed E-state index contributed by atoms with van der Waals surface area (Å²) in [5.41, 5.74) is 21.1. The van der Waals surface area contributed by atoms with Crippen LogP contribution in [0.3, 0.4) is 0 Å². The zero-order valence-corrected chi connectivity index (χ0v) is 64.9. The zero-order valence-electron chi connectivity index (χ0n) is 55.3. The third-order valence-electron chi connectivity index (χ3n) is 13.9. The van der Waals surface area contributed by atoms with Crippen molar-refractivity contribution in [2.45, 2.75) is 27.7 Å². The van der Waals surface area contributed by atoms with Gasteiger partial charge in [0.25, 0.3) is 0 Å². The monoisotopic (exact) mass is 2020 g/mol. The van der Waals surface area contributed by atoms with Crippen LogP contribution in [0.2, 0.25) is 0 Å². The van der Waals surface area contributed by atoms with Crippen molar-refractivity contribution in [2.24, 2.45) is 0 Å². The van der Waals surface area contributed by atoms with E-state index in [1.807, 2.05) is 240 Å². The minimum absolute atomic E-state index is 0. The summed E-state index contributed by atoms with van der Waals surface area (Å²) in [6.07, 6.45) is 13.0. The van der Waals surface area contributed by atoms with Crippen LogP contribution in [0.1, 0.15) is 33.9 Å². The first-order chi connectivity index (χ1) is 47.0. The number of ether oxygens (including phenoxy) is 2. The Bertz CT molecular complexity index is 4650. The van der Waals surface area contributed by atoms with Crippen molar-refractivity contribution < 1.29 is 89.9 Å². The second-order valence-electron chi connectivity index (χ2n) is 20.8. The van der Waals surface area contributed by atoms with Gasteiger partial charge >= 0.3 is 0 Å². The SMILES string of the molecule is C=Cc1c[c-]c(-c2cc(-c3ccccc3)ncn2)cc1.C=Cc1c[c-]c(-c2cc(C)ncn2)cc1.COc1c[c-]c(-c2cc(C)ncn2)cc1.COc1cc[c-]c(-c2cc(C)ncn2)c1.Cc1cc(-c2[c-]cccc2)ncn1.[Ir].[Ir].[Ir].[Ir].[c-]1ccccc1-c1cc(-c2ccccc2)ncn1. The smallest absolute Gasteiger partial charge is 0.106 e. The van der Waals surface area contributed by atoms with Crippen LogP contribution in [0.5, 0.6) is 11.5 Å². The third kappa shape index (κ3) is 25.3. The van der Waals surface area contributed by atoms with Gasteiger partial charge in [-0.1, -0.05) is 97.1 Å². The van der Waals surface area contributed by atoms with Gasteiger partial charge in [0, 0.05) is 115 Å². The van der Waals surface area contributed by atoms with Crippen LogP contribution in [0.4, 0.5) is 0 Å². The molecule has 0 aliphatic heterocycles. The van der Waals surface area contributed by atoms with E-state index in [1.54, 1.807) is 70.4 Å². The minimum Gasteiger partial charge on any atom is -0.540 e. The summed E-state index contributed by atoms with van der Waals surface area (Å²) in [7, 11) is 3.28. The van der Waals surface area contributed by atoms with E-state index >= 15 is 0 Å². The Morgan fingerprint density at radius 3 is 0.920 bits per heavy atom. The quantitative estimate of drug-likeness (QED) is 0.106. The number of nitrogens with zero attached hydrogens (tertiary/aromatic N) is 12. The molecule has 508 valence electrons. The predicted octanol–water partition coefficient (Wildman–Crippen LogP) is 17.5. The summed E-state index contributed by atoms with van der Waals surface area (Å²) in [6, 6.07) is 89.4. The maximum absolute atomic E-state index is 5.14. The first kappa shape index (κ1) is 80.6. The molecule has 14 nitrogen and oxygen atoms in total. The first-order valence-corrected chi connectivity index (χ1v) is 30.3. The Labute approximate surface area is 639 Å². The second kappa shape index (κ2) is 43.3. The molecule has 100 heavy (non-hydrogen) atoms. The summed E-state index contributed by atoms with van der Waals surface area (Å²) >= 11 is 0. The maximum Gasteiger partial charge on any atom is 0.106 e. The molecular weight excluding hydrogens is 1950 g/mol. The van der Waals surface area contributed by atoms with E-state index in [9.17, 15) is 0 Å². The Balaban J connectivity index is 0.000000216. The molecular formula is C82H66Ir4N12O2-6. The predicted molar refractivity (Wildman–Crippen MR) is 381 cm³/mol. The van der Waals surface area contributed by atoms with Gasteiger partial charge in [0.05, 0.1) is 25.6 Å². The fourth-order valence-electron chi connectivity index (χ4n) is 8.92. The van der Waals surface area contributed by atoms with Crippen molar-refractivity contribution in [1.82, 2.24) is 59.8 Å². The third-order valence-corrected chi connectivity index (χ3v) is 13.9. The van der Waals surface area contributed by atoms with Gasteiger partial charge in [0.15, 0.2) is 0 Å². The van der Waals surface area contributed by atoms with Crippen LogP contribution < -0.4 is 9.47 Å². The Kier molecular flexibility index (Phi) is 34.9. The molecule has 0 amide bonds. The summed E-state index contributed by atoms with van der Waals surface area (Å²) < 4.78 is 10.2. The van der Waals surface area contributed by atoms with Crippen LogP contribution in [0, 0.1) is 64.1 Å². The molecule has 0 saturated heterocycles. The molecule has 0 bridgehead atoms. The molecule has 0 N–H and O–H groups in total. The first-order valence-electron chi connectivity index (χ1n) is 30.3. The largest absolute Gasteiger partial charge is 0.540 e. The average Bonchev–Trinajstić information content (AvgIpc) is 1.07. The van der Waals surface area contributed by atoms with Gasteiger partial charge in [-0.3, -0.25) is 29.9 Å². The average molecular weight is 2020 g/mol. The summed E-state index contributed by atoms with van der Waals surface area (Å²) in [5.74, 6) is 1.60. The molecule has 0 aliphatic rings. The Morgan fingerprint density at radius 2 is 0.600 bits per heavy atom. The van der Waals surface area contributed by atoms with E-state index in [0.717, 1.165) is 135 Å². The van der Waals surface area contributed by atoms with Gasteiger partial charge in [-0.2, -0.15) is 0 Å². The molecule has 14 rings (SSSR count). The van der Waals surface area contributed by atoms with Crippen molar-refractivity contribution in [3.05, 3.63) is 340 Å². The van der Waals surface area contributed by atoms with Crippen LogP contribution in [-0.2, 0) is 80.4 Å². The number of aryl methyl sites for hydroxylation is 4. The van der Waals surface area contributed by atoms with E-state index in [4.69, 9.17) is 9.47 Å². The molecule has 18 heteroatoms. The van der Waals surface area contributed by atoms with Crippen molar-refractivity contribution >= 4 is 12.2 Å². The molecule has 0 spiro atoms. The van der Waals surface area contributed by atoms with E-state index in [2.05, 4.69) is 109 Å². The van der Waals surface area contributed by atoms with E-state index in [0.29, 0.717) is 0 Å². The van der Waals surface area contributed by atoms with Gasteiger partial charge in [0.2, 0.25) is 0 Å². The fourth-order valence-corrected chi connectivity index (χ4v) is 8.92. The van der Waals surface area contributed by atoms with Crippen molar-refractivity contribution in [3.8, 4) is 102 Å². The van der Waals surface area contributed by atoms with Crippen molar-refractivity contribution in [1.29, 1.82) is 0 Å². The van der Waals surface area contributed by atoms with E-state index in [-0.39, 0.29) is 80.4 Å². The maximum atomic E-state index is 5.14. The number of methoxy groups -OCH3 is 2. The molecule has 6 aromatic heterocycles. The topological polar surface area (TPSA) is 173 Å². The van der Waals surface area contributed by atoms with Crippen LogP contribution in [0.25, 0.3) is 102 Å². The molecule has 0 unspecified atom stereocenters. The zero-order chi connectivity index (χ0) is 67.1. The Hall–Kier alpha value is -10.1. The van der Waals surface area contributed by atoms with Crippen molar-refractivity contribution in [2.75, 3.05) is 14.2 Å².